The van der Waals surface area contributed by atoms with Crippen LogP contribution in [0.4, 0.5) is 5.95 Å². The van der Waals surface area contributed by atoms with Crippen LogP contribution >= 0.6 is 0 Å². The van der Waals surface area contributed by atoms with E-state index < -0.39 is 0 Å². The van der Waals surface area contributed by atoms with Crippen LogP contribution in [-0.4, -0.2) is 14.6 Å². The second-order valence-electron chi connectivity index (χ2n) is 3.65. The van der Waals surface area contributed by atoms with Crippen molar-refractivity contribution < 1.29 is 0 Å². The molecule has 2 aromatic heterocycles. The Labute approximate surface area is 86.3 Å². The molecule has 0 bridgehead atoms. The van der Waals surface area contributed by atoms with Gasteiger partial charge in [-0.1, -0.05) is 11.6 Å². The molecule has 74 valence electrons. The Balaban J connectivity index is 2.58. The standard InChI is InChI=1S/C11H10N4/c1-7-2-4-9-8(6-7)3-5-10-13-14-11(12)15(9)10/h2-6H,1H3,(H2,12,14). The summed E-state index contributed by atoms with van der Waals surface area (Å²) < 4.78 is 1.86. The molecular formula is C11H10N4. The lowest BCUT2D eigenvalue weighted by molar-refractivity contribution is 1.12. The van der Waals surface area contributed by atoms with Crippen molar-refractivity contribution in [1.29, 1.82) is 0 Å². The molecule has 15 heavy (non-hydrogen) atoms. The van der Waals surface area contributed by atoms with E-state index in [0.717, 1.165) is 16.6 Å². The van der Waals surface area contributed by atoms with Crippen molar-refractivity contribution in [3.05, 3.63) is 35.9 Å². The van der Waals surface area contributed by atoms with E-state index >= 15 is 0 Å². The maximum absolute atomic E-state index is 5.77. The maximum Gasteiger partial charge on any atom is 0.226 e. The first-order valence-electron chi connectivity index (χ1n) is 4.76. The fourth-order valence-corrected chi connectivity index (χ4v) is 1.84. The number of aromatic nitrogens is 3. The SMILES string of the molecule is Cc1ccc2c(ccc3nnc(N)n32)c1. The Morgan fingerprint density at radius 3 is 2.87 bits per heavy atom. The predicted octanol–water partition coefficient (Wildman–Crippen LogP) is 1.77. The third kappa shape index (κ3) is 1.08. The summed E-state index contributed by atoms with van der Waals surface area (Å²) in [7, 11) is 0. The van der Waals surface area contributed by atoms with Gasteiger partial charge in [-0.2, -0.15) is 0 Å². The molecule has 0 spiro atoms. The van der Waals surface area contributed by atoms with Crippen molar-refractivity contribution in [1.82, 2.24) is 14.6 Å². The molecule has 4 nitrogen and oxygen atoms in total. The topological polar surface area (TPSA) is 56.2 Å². The van der Waals surface area contributed by atoms with E-state index in [9.17, 15) is 0 Å². The third-order valence-electron chi connectivity index (χ3n) is 2.55. The number of pyridine rings is 1. The van der Waals surface area contributed by atoms with Crippen molar-refractivity contribution in [2.75, 3.05) is 5.73 Å². The van der Waals surface area contributed by atoms with Crippen molar-refractivity contribution in [3.63, 3.8) is 0 Å². The average molecular weight is 198 g/mol. The molecule has 1 aromatic carbocycles. The summed E-state index contributed by atoms with van der Waals surface area (Å²) in [6.45, 7) is 2.07. The Morgan fingerprint density at radius 1 is 1.13 bits per heavy atom. The van der Waals surface area contributed by atoms with Gasteiger partial charge in [0.1, 0.15) is 0 Å². The summed E-state index contributed by atoms with van der Waals surface area (Å²) in [5, 5.41) is 8.99. The van der Waals surface area contributed by atoms with Gasteiger partial charge >= 0.3 is 0 Å². The Hall–Kier alpha value is -2.10. The zero-order valence-electron chi connectivity index (χ0n) is 8.31. The quantitative estimate of drug-likeness (QED) is 0.599. The number of anilines is 1. The lowest BCUT2D eigenvalue weighted by Crippen LogP contribution is -1.95. The summed E-state index contributed by atoms with van der Waals surface area (Å²) in [5.41, 5.74) is 8.82. The number of hydrogen-bond donors (Lipinski definition) is 1. The van der Waals surface area contributed by atoms with Crippen molar-refractivity contribution in [3.8, 4) is 0 Å². The number of nitrogens with zero attached hydrogens (tertiary/aromatic N) is 3. The van der Waals surface area contributed by atoms with Gasteiger partial charge < -0.3 is 5.73 Å². The molecule has 2 heterocycles. The minimum atomic E-state index is 0.430. The van der Waals surface area contributed by atoms with E-state index in [1.54, 1.807) is 0 Å². The number of nitrogen functional groups attached to an aromatic ring is 1. The molecule has 0 amide bonds. The molecule has 0 atom stereocenters. The number of hydrogen-bond acceptors (Lipinski definition) is 3. The minimum Gasteiger partial charge on any atom is -0.368 e. The van der Waals surface area contributed by atoms with Crippen LogP contribution in [0.25, 0.3) is 16.6 Å². The van der Waals surface area contributed by atoms with E-state index in [0.29, 0.717) is 5.95 Å². The molecular weight excluding hydrogens is 188 g/mol. The molecule has 0 aliphatic carbocycles. The van der Waals surface area contributed by atoms with Crippen molar-refractivity contribution in [2.45, 2.75) is 6.92 Å². The van der Waals surface area contributed by atoms with Gasteiger partial charge in [-0.05, 0) is 36.6 Å². The Kier molecular flexibility index (Phi) is 1.48. The summed E-state index contributed by atoms with van der Waals surface area (Å²) in [5.74, 6) is 0.430. The van der Waals surface area contributed by atoms with E-state index in [1.807, 2.05) is 22.6 Å². The van der Waals surface area contributed by atoms with Crippen LogP contribution in [0.5, 0.6) is 0 Å². The normalized spacial score (nSPS) is 11.3. The zero-order chi connectivity index (χ0) is 10.4. The number of rotatable bonds is 0. The second-order valence-corrected chi connectivity index (χ2v) is 3.65. The lowest BCUT2D eigenvalue weighted by Gasteiger charge is -2.03. The summed E-state index contributed by atoms with van der Waals surface area (Å²) in [6, 6.07) is 10.2. The second kappa shape index (κ2) is 2.70. The smallest absolute Gasteiger partial charge is 0.226 e. The van der Waals surface area contributed by atoms with Crippen molar-refractivity contribution in [2.24, 2.45) is 0 Å². The van der Waals surface area contributed by atoms with Crippen LogP contribution in [0.2, 0.25) is 0 Å². The summed E-state index contributed by atoms with van der Waals surface area (Å²) in [6.07, 6.45) is 0. The number of aryl methyl sites for hydroxylation is 1. The molecule has 0 aliphatic heterocycles. The highest BCUT2D eigenvalue weighted by Crippen LogP contribution is 2.19. The average Bonchev–Trinajstić information content (AvgIpc) is 2.60. The molecule has 3 aromatic rings. The molecule has 0 saturated heterocycles. The van der Waals surface area contributed by atoms with E-state index in [1.165, 1.54) is 5.56 Å². The molecule has 0 fully saturated rings. The predicted molar refractivity (Wildman–Crippen MR) is 59.6 cm³/mol. The first kappa shape index (κ1) is 8.23. The van der Waals surface area contributed by atoms with Crippen LogP contribution in [0.3, 0.4) is 0 Å². The van der Waals surface area contributed by atoms with Gasteiger partial charge in [0.25, 0.3) is 0 Å². The highest BCUT2D eigenvalue weighted by Gasteiger charge is 2.05. The van der Waals surface area contributed by atoms with Gasteiger partial charge in [-0.25, -0.2) is 0 Å². The van der Waals surface area contributed by atoms with E-state index in [-0.39, 0.29) is 0 Å². The van der Waals surface area contributed by atoms with Crippen molar-refractivity contribution >= 4 is 22.5 Å². The number of benzene rings is 1. The van der Waals surface area contributed by atoms with Crippen LogP contribution in [-0.2, 0) is 0 Å². The maximum atomic E-state index is 5.77. The monoisotopic (exact) mass is 198 g/mol. The third-order valence-corrected chi connectivity index (χ3v) is 2.55. The highest BCUT2D eigenvalue weighted by atomic mass is 15.3. The molecule has 3 rings (SSSR count). The molecule has 0 radical (unpaired) electrons. The van der Waals surface area contributed by atoms with Gasteiger partial charge in [-0.15, -0.1) is 10.2 Å². The summed E-state index contributed by atoms with van der Waals surface area (Å²) >= 11 is 0. The molecule has 0 aliphatic rings. The fourth-order valence-electron chi connectivity index (χ4n) is 1.84. The van der Waals surface area contributed by atoms with Gasteiger partial charge in [0, 0.05) is 0 Å². The number of fused-ring (bicyclic) bond motifs is 3. The largest absolute Gasteiger partial charge is 0.368 e. The number of nitrogens with two attached hydrogens (primary N) is 1. The Bertz CT molecular complexity index is 654. The van der Waals surface area contributed by atoms with Crippen LogP contribution in [0.15, 0.2) is 30.3 Å². The van der Waals surface area contributed by atoms with Crippen LogP contribution in [0, 0.1) is 6.92 Å². The minimum absolute atomic E-state index is 0.430. The van der Waals surface area contributed by atoms with Crippen LogP contribution in [0.1, 0.15) is 5.56 Å². The summed E-state index contributed by atoms with van der Waals surface area (Å²) in [4.78, 5) is 0. The first-order chi connectivity index (χ1) is 7.25. The van der Waals surface area contributed by atoms with Gasteiger partial charge in [0.15, 0.2) is 5.65 Å². The van der Waals surface area contributed by atoms with E-state index in [2.05, 4.69) is 29.3 Å². The fraction of sp³-hybridized carbons (Fsp3) is 0.0909. The van der Waals surface area contributed by atoms with Gasteiger partial charge in [0.05, 0.1) is 5.52 Å². The first-order valence-corrected chi connectivity index (χ1v) is 4.76. The van der Waals surface area contributed by atoms with Crippen LogP contribution < -0.4 is 5.73 Å². The highest BCUT2D eigenvalue weighted by molar-refractivity contribution is 5.83. The van der Waals surface area contributed by atoms with Gasteiger partial charge in [-0.3, -0.25) is 4.40 Å². The zero-order valence-corrected chi connectivity index (χ0v) is 8.31. The molecule has 4 heteroatoms. The molecule has 0 saturated carbocycles. The van der Waals surface area contributed by atoms with E-state index in [4.69, 9.17) is 5.73 Å². The molecule has 0 unspecified atom stereocenters. The Morgan fingerprint density at radius 2 is 2.00 bits per heavy atom. The molecule has 2 N–H and O–H groups in total. The van der Waals surface area contributed by atoms with Gasteiger partial charge in [0.2, 0.25) is 5.95 Å². The lowest BCUT2D eigenvalue weighted by atomic mass is 10.1.